The average molecular weight is 579 g/mol. The van der Waals surface area contributed by atoms with Crippen LogP contribution in [0.2, 0.25) is 5.02 Å². The Balaban J connectivity index is 1.25. The van der Waals surface area contributed by atoms with Crippen molar-refractivity contribution in [2.45, 2.75) is 31.8 Å². The zero-order valence-corrected chi connectivity index (χ0v) is 24.5. The zero-order valence-electron chi connectivity index (χ0n) is 22.9. The number of ether oxygens (including phenoxy) is 2. The number of piperidine rings is 1. The molecule has 6 nitrogen and oxygen atoms in total. The van der Waals surface area contributed by atoms with Gasteiger partial charge in [-0.3, -0.25) is 9.78 Å². The summed E-state index contributed by atoms with van der Waals surface area (Å²) in [6, 6.07) is 18.4. The van der Waals surface area contributed by atoms with Gasteiger partial charge in [-0.1, -0.05) is 41.9 Å². The van der Waals surface area contributed by atoms with Crippen molar-refractivity contribution in [1.29, 1.82) is 0 Å². The Morgan fingerprint density at radius 1 is 1.20 bits per heavy atom. The smallest absolute Gasteiger partial charge is 0.310 e. The third-order valence-corrected chi connectivity index (χ3v) is 9.26. The highest BCUT2D eigenvalue weighted by Crippen LogP contribution is 2.37. The fraction of sp³-hybridized carbons (Fsp3) is 0.375. The molecule has 0 aliphatic carbocycles. The third-order valence-electron chi connectivity index (χ3n) is 8.06. The number of aromatic nitrogens is 1. The van der Waals surface area contributed by atoms with E-state index in [1.54, 1.807) is 24.6 Å². The lowest BCUT2D eigenvalue weighted by atomic mass is 9.81. The van der Waals surface area contributed by atoms with Crippen molar-refractivity contribution in [3.63, 3.8) is 0 Å². The molecule has 40 heavy (non-hydrogen) atoms. The number of carbonyl (C=O) groups is 1. The maximum absolute atomic E-state index is 12.9. The highest BCUT2D eigenvalue weighted by Gasteiger charge is 2.35. The second-order valence-electron chi connectivity index (χ2n) is 10.4. The minimum absolute atomic E-state index is 0.123. The van der Waals surface area contributed by atoms with Crippen molar-refractivity contribution >= 4 is 39.8 Å². The number of hydrogen-bond donors (Lipinski definition) is 1. The van der Waals surface area contributed by atoms with Crippen LogP contribution in [-0.4, -0.2) is 54.8 Å². The number of pyridine rings is 1. The topological polar surface area (TPSA) is 71.9 Å². The van der Waals surface area contributed by atoms with Gasteiger partial charge in [-0.05, 0) is 78.9 Å². The van der Waals surface area contributed by atoms with E-state index in [0.717, 1.165) is 36.8 Å². The van der Waals surface area contributed by atoms with Crippen molar-refractivity contribution in [3.8, 4) is 16.2 Å². The first-order valence-electron chi connectivity index (χ1n) is 13.7. The Bertz CT molecular complexity index is 1440. The third kappa shape index (κ3) is 6.33. The normalized spacial score (nSPS) is 18.5. The molecule has 0 saturated carbocycles. The number of halogens is 1. The lowest BCUT2D eigenvalue weighted by Crippen LogP contribution is -2.45. The van der Waals surface area contributed by atoms with E-state index in [9.17, 15) is 9.90 Å². The number of benzene rings is 2. The van der Waals surface area contributed by atoms with E-state index >= 15 is 0 Å². The fourth-order valence-electron chi connectivity index (χ4n) is 5.87. The summed E-state index contributed by atoms with van der Waals surface area (Å²) < 4.78 is 10.6. The van der Waals surface area contributed by atoms with Gasteiger partial charge in [0.25, 0.3) is 0 Å². The molecule has 3 heterocycles. The summed E-state index contributed by atoms with van der Waals surface area (Å²) in [5.41, 5.74) is 4.01. The molecule has 1 fully saturated rings. The largest absolute Gasteiger partial charge is 0.497 e. The Labute approximate surface area is 244 Å². The molecular weight excluding hydrogens is 544 g/mol. The summed E-state index contributed by atoms with van der Waals surface area (Å²) in [6.45, 7) is 2.45. The zero-order chi connectivity index (χ0) is 28.1. The van der Waals surface area contributed by atoms with Gasteiger partial charge in [0.05, 0.1) is 36.8 Å². The summed E-state index contributed by atoms with van der Waals surface area (Å²) >= 11 is 8.28. The summed E-state index contributed by atoms with van der Waals surface area (Å²) in [5.74, 6) is 0.392. The molecule has 0 amide bonds. The first-order valence-corrected chi connectivity index (χ1v) is 15.0. The van der Waals surface area contributed by atoms with Crippen molar-refractivity contribution in [2.75, 3.05) is 33.9 Å². The maximum atomic E-state index is 12.9. The summed E-state index contributed by atoms with van der Waals surface area (Å²) in [7, 11) is 3.07. The minimum atomic E-state index is -0.782. The van der Waals surface area contributed by atoms with E-state index in [-0.39, 0.29) is 17.8 Å². The standard InChI is InChI=1S/C32H35ClN2O4S/c1-38-23-10-11-28-25(18-23)31(27(33)19-34-28)29(36)12-9-22-14-16-35(20-26(22)32(37)39-2)15-13-21-6-3-4-7-24(21)30-8-5-17-40-30/h3-8,10-11,17-19,22,26,29,36H,9,12-16,20H2,1-2H3. The van der Waals surface area contributed by atoms with Gasteiger partial charge >= 0.3 is 5.97 Å². The molecule has 210 valence electrons. The van der Waals surface area contributed by atoms with Gasteiger partial charge in [-0.2, -0.15) is 0 Å². The Hall–Kier alpha value is -2.97. The predicted octanol–water partition coefficient (Wildman–Crippen LogP) is 6.79. The first kappa shape index (κ1) is 28.6. The number of methoxy groups -OCH3 is 2. The molecule has 0 spiro atoms. The molecule has 3 unspecified atom stereocenters. The Morgan fingerprint density at radius 3 is 2.83 bits per heavy atom. The Morgan fingerprint density at radius 2 is 2.05 bits per heavy atom. The number of nitrogens with zero attached hydrogens (tertiary/aromatic N) is 2. The molecule has 4 aromatic rings. The number of likely N-dealkylation sites (tertiary alicyclic amines) is 1. The maximum Gasteiger partial charge on any atom is 0.310 e. The molecule has 5 rings (SSSR count). The number of thiophene rings is 1. The van der Waals surface area contributed by atoms with Crippen LogP contribution in [-0.2, 0) is 16.0 Å². The first-order chi connectivity index (χ1) is 19.5. The van der Waals surface area contributed by atoms with Crippen LogP contribution >= 0.6 is 22.9 Å². The van der Waals surface area contributed by atoms with Crippen molar-refractivity contribution in [3.05, 3.63) is 82.3 Å². The second kappa shape index (κ2) is 13.1. The van der Waals surface area contributed by atoms with E-state index in [2.05, 4.69) is 51.7 Å². The molecule has 2 aromatic heterocycles. The highest BCUT2D eigenvalue weighted by molar-refractivity contribution is 7.13. The number of carbonyl (C=O) groups excluding carboxylic acids is 1. The molecule has 8 heteroatoms. The second-order valence-corrected chi connectivity index (χ2v) is 11.7. The number of rotatable bonds is 10. The number of fused-ring (bicyclic) bond motifs is 1. The quantitative estimate of drug-likeness (QED) is 0.209. The van der Waals surface area contributed by atoms with Gasteiger partial charge in [-0.25, -0.2) is 0 Å². The summed E-state index contributed by atoms with van der Waals surface area (Å²) in [5, 5.41) is 14.6. The molecule has 0 radical (unpaired) electrons. The van der Waals surface area contributed by atoms with E-state index < -0.39 is 6.10 Å². The summed E-state index contributed by atoms with van der Waals surface area (Å²) in [6.07, 6.45) is 3.78. The van der Waals surface area contributed by atoms with E-state index in [1.807, 2.05) is 18.2 Å². The van der Waals surface area contributed by atoms with Crippen LogP contribution in [0.15, 0.2) is 66.2 Å². The number of esters is 1. The minimum Gasteiger partial charge on any atom is -0.497 e. The predicted molar refractivity (Wildman–Crippen MR) is 161 cm³/mol. The van der Waals surface area contributed by atoms with Gasteiger partial charge in [0, 0.05) is 35.1 Å². The number of hydrogen-bond acceptors (Lipinski definition) is 7. The lowest BCUT2D eigenvalue weighted by Gasteiger charge is -2.37. The Kier molecular flexibility index (Phi) is 9.37. The molecule has 2 aromatic carbocycles. The van der Waals surface area contributed by atoms with Gasteiger partial charge in [0.1, 0.15) is 5.75 Å². The van der Waals surface area contributed by atoms with Crippen LogP contribution in [0.25, 0.3) is 21.3 Å². The monoisotopic (exact) mass is 578 g/mol. The van der Waals surface area contributed by atoms with Gasteiger partial charge in [-0.15, -0.1) is 11.3 Å². The van der Waals surface area contributed by atoms with Crippen molar-refractivity contribution < 1.29 is 19.4 Å². The number of aliphatic hydroxyl groups is 1. The van der Waals surface area contributed by atoms with Crippen LogP contribution in [0.1, 0.15) is 36.5 Å². The molecule has 1 aliphatic rings. The average Bonchev–Trinajstić information content (AvgIpc) is 3.53. The van der Waals surface area contributed by atoms with E-state index in [1.165, 1.54) is 23.1 Å². The van der Waals surface area contributed by atoms with Crippen LogP contribution in [0.4, 0.5) is 0 Å². The van der Waals surface area contributed by atoms with E-state index in [4.69, 9.17) is 21.1 Å². The molecule has 0 bridgehead atoms. The van der Waals surface area contributed by atoms with Crippen LogP contribution < -0.4 is 4.74 Å². The van der Waals surface area contributed by atoms with Crippen molar-refractivity contribution in [1.82, 2.24) is 9.88 Å². The molecule has 1 saturated heterocycles. The lowest BCUT2D eigenvalue weighted by molar-refractivity contribution is -0.150. The summed E-state index contributed by atoms with van der Waals surface area (Å²) in [4.78, 5) is 20.9. The molecule has 3 atom stereocenters. The van der Waals surface area contributed by atoms with Gasteiger partial charge < -0.3 is 19.5 Å². The molecular formula is C32H35ClN2O4S. The fourth-order valence-corrected chi connectivity index (χ4v) is 6.94. The number of aliphatic hydroxyl groups excluding tert-OH is 1. The van der Waals surface area contributed by atoms with E-state index in [0.29, 0.717) is 35.7 Å². The van der Waals surface area contributed by atoms with Crippen LogP contribution in [0.3, 0.4) is 0 Å². The van der Waals surface area contributed by atoms with Crippen molar-refractivity contribution in [2.24, 2.45) is 11.8 Å². The SMILES string of the molecule is COC(=O)C1CN(CCc2ccccc2-c2cccs2)CCC1CCC(O)c1c(Cl)cnc2ccc(OC)cc12. The van der Waals surface area contributed by atoms with Crippen LogP contribution in [0, 0.1) is 11.8 Å². The van der Waals surface area contributed by atoms with Gasteiger partial charge in [0.15, 0.2) is 0 Å². The highest BCUT2D eigenvalue weighted by atomic mass is 35.5. The van der Waals surface area contributed by atoms with Crippen LogP contribution in [0.5, 0.6) is 5.75 Å². The molecule has 1 N–H and O–H groups in total. The molecule has 1 aliphatic heterocycles. The van der Waals surface area contributed by atoms with Gasteiger partial charge in [0.2, 0.25) is 0 Å².